The van der Waals surface area contributed by atoms with Crippen molar-refractivity contribution in [3.8, 4) is 0 Å². The maximum atomic E-state index is 12.8. The highest BCUT2D eigenvalue weighted by Crippen LogP contribution is 2.14. The van der Waals surface area contributed by atoms with Gasteiger partial charge >= 0.3 is 17.9 Å². The Morgan fingerprint density at radius 3 is 0.928 bits per heavy atom. The van der Waals surface area contributed by atoms with E-state index in [9.17, 15) is 14.4 Å². The minimum Gasteiger partial charge on any atom is -0.462 e. The summed E-state index contributed by atoms with van der Waals surface area (Å²) in [6.45, 7) is 6.47. The molecule has 0 aliphatic heterocycles. The number of carbonyl (C=O) groups excluding carboxylic acids is 3. The fourth-order valence-electron chi connectivity index (χ4n) is 7.73. The Bertz CT molecular complexity index is 1380. The highest BCUT2D eigenvalue weighted by molar-refractivity contribution is 5.71. The molecule has 0 aromatic rings. The van der Waals surface area contributed by atoms with Crippen LogP contribution in [0.5, 0.6) is 0 Å². The molecule has 0 aliphatic rings. The molecule has 0 heterocycles. The van der Waals surface area contributed by atoms with Crippen molar-refractivity contribution >= 4 is 17.9 Å². The highest BCUT2D eigenvalue weighted by atomic mass is 16.6. The number of hydrogen-bond acceptors (Lipinski definition) is 6. The van der Waals surface area contributed by atoms with Crippen molar-refractivity contribution in [2.75, 3.05) is 13.2 Å². The maximum absolute atomic E-state index is 12.8. The fraction of sp³-hybridized carbons (Fsp3) is 0.698. The monoisotopic (exact) mass is 959 g/mol. The van der Waals surface area contributed by atoms with Crippen LogP contribution in [0.2, 0.25) is 0 Å². The third-order valence-electron chi connectivity index (χ3n) is 12.0. The molecule has 0 aliphatic carbocycles. The summed E-state index contributed by atoms with van der Waals surface area (Å²) < 4.78 is 16.8. The van der Waals surface area contributed by atoms with Crippen LogP contribution in [-0.4, -0.2) is 37.2 Å². The summed E-state index contributed by atoms with van der Waals surface area (Å²) in [4.78, 5) is 38.1. The van der Waals surface area contributed by atoms with E-state index >= 15 is 0 Å². The van der Waals surface area contributed by atoms with Crippen LogP contribution in [-0.2, 0) is 28.6 Å². The molecule has 0 fully saturated rings. The van der Waals surface area contributed by atoms with Crippen LogP contribution in [0.15, 0.2) is 97.2 Å². The number of carbonyl (C=O) groups is 3. The van der Waals surface area contributed by atoms with Gasteiger partial charge in [-0.2, -0.15) is 0 Å². The zero-order valence-electron chi connectivity index (χ0n) is 45.0. The second kappa shape index (κ2) is 56.9. The molecule has 394 valence electrons. The number of unbranched alkanes of at least 4 members (excludes halogenated alkanes) is 24. The van der Waals surface area contributed by atoms with Gasteiger partial charge in [-0.3, -0.25) is 14.4 Å². The topological polar surface area (TPSA) is 78.9 Å². The molecule has 0 aromatic heterocycles. The van der Waals surface area contributed by atoms with Gasteiger partial charge in [0.1, 0.15) is 13.2 Å². The number of ether oxygens (including phenoxy) is 3. The van der Waals surface area contributed by atoms with Gasteiger partial charge < -0.3 is 14.2 Å². The smallest absolute Gasteiger partial charge is 0.306 e. The molecule has 0 N–H and O–H groups in total. The van der Waals surface area contributed by atoms with Crippen LogP contribution in [0.3, 0.4) is 0 Å². The molecule has 6 heteroatoms. The molecule has 6 nitrogen and oxygen atoms in total. The molecule has 0 bridgehead atoms. The van der Waals surface area contributed by atoms with Crippen molar-refractivity contribution < 1.29 is 28.6 Å². The van der Waals surface area contributed by atoms with Gasteiger partial charge in [0.15, 0.2) is 6.10 Å². The van der Waals surface area contributed by atoms with Crippen LogP contribution < -0.4 is 0 Å². The molecule has 0 aromatic carbocycles. The molecule has 0 radical (unpaired) electrons. The molecular weight excluding hydrogens is 853 g/mol. The molecule has 0 rings (SSSR count). The highest BCUT2D eigenvalue weighted by Gasteiger charge is 2.19. The van der Waals surface area contributed by atoms with E-state index in [1.54, 1.807) is 0 Å². The number of esters is 3. The first-order valence-electron chi connectivity index (χ1n) is 28.7. The molecule has 1 unspecified atom stereocenters. The Balaban J connectivity index is 4.42. The summed E-state index contributed by atoms with van der Waals surface area (Å²) in [7, 11) is 0. The zero-order chi connectivity index (χ0) is 50.0. The average Bonchev–Trinajstić information content (AvgIpc) is 3.35. The number of hydrogen-bond donors (Lipinski definition) is 0. The van der Waals surface area contributed by atoms with Crippen molar-refractivity contribution in [3.63, 3.8) is 0 Å². The Hall–Kier alpha value is -3.67. The minimum absolute atomic E-state index is 0.0937. The van der Waals surface area contributed by atoms with Crippen LogP contribution in [0, 0.1) is 0 Å². The van der Waals surface area contributed by atoms with Gasteiger partial charge in [-0.25, -0.2) is 0 Å². The van der Waals surface area contributed by atoms with E-state index in [1.807, 2.05) is 0 Å². The van der Waals surface area contributed by atoms with Crippen molar-refractivity contribution in [3.05, 3.63) is 97.2 Å². The summed E-state index contributed by atoms with van der Waals surface area (Å²) in [5.74, 6) is -0.934. The Kier molecular flexibility index (Phi) is 53.9. The van der Waals surface area contributed by atoms with E-state index in [0.29, 0.717) is 19.3 Å². The largest absolute Gasteiger partial charge is 0.462 e. The average molecular weight is 960 g/mol. The Morgan fingerprint density at radius 2 is 0.565 bits per heavy atom. The lowest BCUT2D eigenvalue weighted by Gasteiger charge is -2.18. The van der Waals surface area contributed by atoms with Crippen LogP contribution in [0.1, 0.15) is 265 Å². The van der Waals surface area contributed by atoms with Crippen LogP contribution >= 0.6 is 0 Å². The van der Waals surface area contributed by atoms with E-state index in [1.165, 1.54) is 96.3 Å². The summed E-state index contributed by atoms with van der Waals surface area (Å²) in [5, 5.41) is 0. The standard InChI is InChI=1S/C63H106O6/c1-4-7-10-13-16-19-22-25-27-29-30-31-32-33-34-35-37-38-41-44-47-50-53-56-62(65)68-59-60(58-67-61(64)55-52-49-46-43-40-24-21-18-15-12-9-6-3)69-63(66)57-54-51-48-45-42-39-36-28-26-23-20-17-14-11-8-5-2/h7,10,16,18-19,21,25,27-28,30-31,33-34,36-38,60H,4-6,8-9,11-15,17,20,22-24,26,29,32,35,39-59H2,1-3H3/b10-7-,19-16-,21-18-,27-25-,31-30-,34-33-,36-28-,38-37-. The second-order valence-corrected chi connectivity index (χ2v) is 18.8. The van der Waals surface area contributed by atoms with Crippen molar-refractivity contribution in [2.24, 2.45) is 0 Å². The zero-order valence-corrected chi connectivity index (χ0v) is 45.0. The first-order valence-corrected chi connectivity index (χ1v) is 28.7. The predicted molar refractivity (Wildman–Crippen MR) is 297 cm³/mol. The van der Waals surface area contributed by atoms with E-state index in [4.69, 9.17) is 14.2 Å². The lowest BCUT2D eigenvalue weighted by molar-refractivity contribution is -0.167. The molecule has 0 amide bonds. The number of allylic oxidation sites excluding steroid dienone is 16. The van der Waals surface area contributed by atoms with Gasteiger partial charge in [0.2, 0.25) is 0 Å². The van der Waals surface area contributed by atoms with Gasteiger partial charge in [0.05, 0.1) is 0 Å². The van der Waals surface area contributed by atoms with E-state index in [0.717, 1.165) is 128 Å². The molecule has 69 heavy (non-hydrogen) atoms. The molecular formula is C63H106O6. The fourth-order valence-corrected chi connectivity index (χ4v) is 7.73. The maximum Gasteiger partial charge on any atom is 0.306 e. The Morgan fingerprint density at radius 1 is 0.304 bits per heavy atom. The number of rotatable bonds is 51. The summed E-state index contributed by atoms with van der Waals surface area (Å²) in [5.41, 5.74) is 0. The van der Waals surface area contributed by atoms with E-state index in [2.05, 4.69) is 118 Å². The third kappa shape index (κ3) is 55.1. The first kappa shape index (κ1) is 65.3. The quantitative estimate of drug-likeness (QED) is 0.0262. The third-order valence-corrected chi connectivity index (χ3v) is 12.0. The first-order chi connectivity index (χ1) is 34.0. The van der Waals surface area contributed by atoms with E-state index in [-0.39, 0.29) is 31.1 Å². The molecule has 0 spiro atoms. The minimum atomic E-state index is -0.797. The van der Waals surface area contributed by atoms with Gasteiger partial charge in [-0.15, -0.1) is 0 Å². The summed E-state index contributed by atoms with van der Waals surface area (Å²) in [6.07, 6.45) is 75.4. The van der Waals surface area contributed by atoms with Gasteiger partial charge in [0, 0.05) is 19.3 Å². The summed E-state index contributed by atoms with van der Waals surface area (Å²) in [6, 6.07) is 0. The van der Waals surface area contributed by atoms with Crippen molar-refractivity contribution in [1.29, 1.82) is 0 Å². The lowest BCUT2D eigenvalue weighted by Crippen LogP contribution is -2.30. The normalized spacial score (nSPS) is 12.8. The van der Waals surface area contributed by atoms with Crippen molar-refractivity contribution in [2.45, 2.75) is 271 Å². The van der Waals surface area contributed by atoms with Crippen LogP contribution in [0.4, 0.5) is 0 Å². The molecule has 1 atom stereocenters. The molecule has 0 saturated heterocycles. The van der Waals surface area contributed by atoms with Gasteiger partial charge in [0.25, 0.3) is 0 Å². The SMILES string of the molecule is CC/C=C\C/C=C\C/C=C\C/C=C\C/C=C\C/C=C\CCCCCCC(=O)OCC(COC(=O)CCCCCCC/C=C\CCCCC)OC(=O)CCCCCCC/C=C\CCCCCCCCC. The van der Waals surface area contributed by atoms with Gasteiger partial charge in [-0.05, 0) is 122 Å². The van der Waals surface area contributed by atoms with Gasteiger partial charge in [-0.1, -0.05) is 221 Å². The predicted octanol–water partition coefficient (Wildman–Crippen LogP) is 19.3. The van der Waals surface area contributed by atoms with E-state index < -0.39 is 6.10 Å². The second-order valence-electron chi connectivity index (χ2n) is 18.8. The lowest BCUT2D eigenvalue weighted by atomic mass is 10.1. The molecule has 0 saturated carbocycles. The van der Waals surface area contributed by atoms with Crippen LogP contribution in [0.25, 0.3) is 0 Å². The Labute approximate surface area is 426 Å². The van der Waals surface area contributed by atoms with Crippen molar-refractivity contribution in [1.82, 2.24) is 0 Å². The summed E-state index contributed by atoms with van der Waals surface area (Å²) >= 11 is 0.